The Labute approximate surface area is 361 Å². The number of benzene rings is 8. The van der Waals surface area contributed by atoms with E-state index in [1.165, 1.54) is 104 Å². The van der Waals surface area contributed by atoms with Crippen molar-refractivity contribution in [1.82, 2.24) is 24.1 Å². The number of hydrogen-bond donors (Lipinski definition) is 0. The van der Waals surface area contributed by atoms with Crippen molar-refractivity contribution >= 4 is 99.0 Å². The van der Waals surface area contributed by atoms with E-state index in [4.69, 9.17) is 15.0 Å². The molecule has 0 fully saturated rings. The van der Waals surface area contributed by atoms with Crippen LogP contribution in [0.3, 0.4) is 0 Å². The number of rotatable bonds is 3. The third kappa shape index (κ3) is 4.34. The largest absolute Gasteiger partial charge is 0.310 e. The third-order valence-electron chi connectivity index (χ3n) is 14.0. The Balaban J connectivity index is 1.14. The molecule has 0 unspecified atom stereocenters. The van der Waals surface area contributed by atoms with Gasteiger partial charge in [0, 0.05) is 84.6 Å². The lowest BCUT2D eigenvalue weighted by molar-refractivity contribution is 1.14. The molecular weight excluding hydrogens is 765 g/mol. The lowest BCUT2D eigenvalue weighted by Gasteiger charge is -2.34. The van der Waals surface area contributed by atoms with Gasteiger partial charge in [-0.2, -0.15) is 0 Å². The van der Waals surface area contributed by atoms with Gasteiger partial charge in [-0.1, -0.05) is 97.1 Å². The number of aromatic nitrogens is 5. The Morgan fingerprint density at radius 1 is 0.333 bits per heavy atom. The van der Waals surface area contributed by atoms with Gasteiger partial charge in [0.2, 0.25) is 0 Å². The van der Waals surface area contributed by atoms with Crippen molar-refractivity contribution in [2.75, 3.05) is 0 Å². The number of fused-ring (bicyclic) bond motifs is 17. The molecule has 13 aromatic rings. The Morgan fingerprint density at radius 3 is 1.44 bits per heavy atom. The highest BCUT2D eigenvalue weighted by atomic mass is 15.0. The molecule has 288 valence electrons. The van der Waals surface area contributed by atoms with E-state index >= 15 is 0 Å². The zero-order chi connectivity index (χ0) is 40.9. The molecule has 7 heterocycles. The Hall–Kier alpha value is -8.35. The Bertz CT molecular complexity index is 4100. The number of pyridine rings is 3. The van der Waals surface area contributed by atoms with Gasteiger partial charge >= 0.3 is 0 Å². The van der Waals surface area contributed by atoms with Crippen molar-refractivity contribution in [2.45, 2.75) is 0 Å². The SMILES string of the molecule is c1ccc(-c2ccc3c(c2)c2cc(-c4ccccn4)cc4c2n3-c2cccc3c2B4c2cc(-c4ccccn4)cc4c5c6c7ccccc7c7ccccc7c6ccc5n-3c24)nc1. The monoisotopic (exact) mass is 797 g/mol. The topological polar surface area (TPSA) is 48.5 Å². The van der Waals surface area contributed by atoms with E-state index in [0.717, 1.165) is 33.8 Å². The summed E-state index contributed by atoms with van der Waals surface area (Å²) in [5.74, 6) is 0. The predicted octanol–water partition coefficient (Wildman–Crippen LogP) is 11.7. The fourth-order valence-electron chi connectivity index (χ4n) is 11.5. The van der Waals surface area contributed by atoms with Crippen LogP contribution in [-0.2, 0) is 0 Å². The quantitative estimate of drug-likeness (QED) is 0.132. The molecule has 8 aromatic carbocycles. The maximum absolute atomic E-state index is 4.98. The zero-order valence-corrected chi connectivity index (χ0v) is 33.8. The highest BCUT2D eigenvalue weighted by Gasteiger charge is 2.41. The van der Waals surface area contributed by atoms with E-state index < -0.39 is 0 Å². The molecular formula is C57H32BN5. The van der Waals surface area contributed by atoms with Gasteiger partial charge in [0.15, 0.2) is 0 Å². The average Bonchev–Trinajstić information content (AvgIpc) is 3.88. The van der Waals surface area contributed by atoms with Crippen LogP contribution in [0.25, 0.3) is 121 Å². The highest BCUT2D eigenvalue weighted by Crippen LogP contribution is 2.46. The molecule has 0 amide bonds. The smallest absolute Gasteiger partial charge is 0.252 e. The van der Waals surface area contributed by atoms with E-state index in [1.807, 2.05) is 36.8 Å². The molecule has 5 nitrogen and oxygen atoms in total. The van der Waals surface area contributed by atoms with Gasteiger partial charge in [-0.3, -0.25) is 15.0 Å². The fraction of sp³-hybridized carbons (Fsp3) is 0. The minimum Gasteiger partial charge on any atom is -0.310 e. The summed E-state index contributed by atoms with van der Waals surface area (Å²) < 4.78 is 5.11. The Morgan fingerprint density at radius 2 is 0.825 bits per heavy atom. The summed E-state index contributed by atoms with van der Waals surface area (Å²) in [7, 11) is 0. The minimum atomic E-state index is -0.0683. The summed E-state index contributed by atoms with van der Waals surface area (Å²) in [6, 6.07) is 64.6. The van der Waals surface area contributed by atoms with Gasteiger partial charge in [-0.15, -0.1) is 0 Å². The summed E-state index contributed by atoms with van der Waals surface area (Å²) >= 11 is 0. The second-order valence-electron chi connectivity index (χ2n) is 17.1. The molecule has 2 aliphatic heterocycles. The van der Waals surface area contributed by atoms with Gasteiger partial charge in [0.05, 0.1) is 28.1 Å². The predicted molar refractivity (Wildman–Crippen MR) is 262 cm³/mol. The molecule has 0 radical (unpaired) electrons. The first-order chi connectivity index (χ1) is 31.3. The van der Waals surface area contributed by atoms with Gasteiger partial charge in [-0.05, 0) is 122 Å². The molecule has 0 bridgehead atoms. The lowest BCUT2D eigenvalue weighted by Crippen LogP contribution is -2.59. The normalized spacial score (nSPS) is 12.7. The molecule has 15 rings (SSSR count). The molecule has 0 atom stereocenters. The van der Waals surface area contributed by atoms with Crippen LogP contribution in [-0.4, -0.2) is 30.8 Å². The van der Waals surface area contributed by atoms with Crippen LogP contribution in [0.15, 0.2) is 195 Å². The minimum absolute atomic E-state index is 0.0683. The van der Waals surface area contributed by atoms with E-state index in [1.54, 1.807) is 0 Å². The lowest BCUT2D eigenvalue weighted by atomic mass is 9.34. The summed E-state index contributed by atoms with van der Waals surface area (Å²) in [4.78, 5) is 14.7. The molecule has 6 heteroatoms. The third-order valence-corrected chi connectivity index (χ3v) is 14.0. The van der Waals surface area contributed by atoms with Crippen LogP contribution < -0.4 is 16.4 Å². The maximum atomic E-state index is 4.98. The first-order valence-electron chi connectivity index (χ1n) is 21.6. The standard InChI is InChI=1S/C57H32BN5/c1-2-14-38-36(12-1)37-13-3-4-15-39(37)53-40(38)22-24-50-54(53)43-30-35(48-18-7-10-27-61-48)32-45-57(43)63(50)52-20-11-19-51-55(52)58(45)44-31-34(47-17-6-9-26-60-47)29-42-41-28-33(46-16-5-8-25-59-46)21-23-49(41)62(51)56(42)44/h1-32H. The van der Waals surface area contributed by atoms with Crippen molar-refractivity contribution < 1.29 is 0 Å². The number of nitrogens with zero attached hydrogens (tertiary/aromatic N) is 5. The molecule has 0 aliphatic carbocycles. The summed E-state index contributed by atoms with van der Waals surface area (Å²) in [5.41, 5.74) is 17.4. The van der Waals surface area contributed by atoms with Gasteiger partial charge in [-0.25, -0.2) is 0 Å². The van der Waals surface area contributed by atoms with Crippen LogP contribution in [0, 0.1) is 0 Å². The zero-order valence-electron chi connectivity index (χ0n) is 33.8. The Kier molecular flexibility index (Phi) is 6.44. The van der Waals surface area contributed by atoms with Crippen LogP contribution in [0.5, 0.6) is 0 Å². The molecule has 0 saturated carbocycles. The van der Waals surface area contributed by atoms with Gasteiger partial charge < -0.3 is 9.13 Å². The van der Waals surface area contributed by atoms with E-state index in [2.05, 4.69) is 167 Å². The molecule has 5 aromatic heterocycles. The van der Waals surface area contributed by atoms with Crippen molar-refractivity contribution in [3.63, 3.8) is 0 Å². The van der Waals surface area contributed by atoms with Crippen LogP contribution in [0.2, 0.25) is 0 Å². The second-order valence-corrected chi connectivity index (χ2v) is 17.1. The van der Waals surface area contributed by atoms with Crippen molar-refractivity contribution in [3.05, 3.63) is 195 Å². The summed E-state index contributed by atoms with van der Waals surface area (Å²) in [6.07, 6.45) is 5.69. The van der Waals surface area contributed by atoms with E-state index in [9.17, 15) is 0 Å². The van der Waals surface area contributed by atoms with Crippen molar-refractivity contribution in [3.8, 4) is 45.1 Å². The molecule has 63 heavy (non-hydrogen) atoms. The molecule has 0 spiro atoms. The maximum Gasteiger partial charge on any atom is 0.252 e. The number of hydrogen-bond acceptors (Lipinski definition) is 3. The summed E-state index contributed by atoms with van der Waals surface area (Å²) in [5, 5.41) is 12.6. The summed E-state index contributed by atoms with van der Waals surface area (Å²) in [6.45, 7) is -0.0683. The second kappa shape index (κ2) is 12.1. The van der Waals surface area contributed by atoms with Crippen LogP contribution in [0.1, 0.15) is 0 Å². The van der Waals surface area contributed by atoms with Crippen molar-refractivity contribution in [2.24, 2.45) is 0 Å². The van der Waals surface area contributed by atoms with Crippen LogP contribution >= 0.6 is 0 Å². The molecule has 2 aliphatic rings. The van der Waals surface area contributed by atoms with E-state index in [0.29, 0.717) is 0 Å². The first-order valence-corrected chi connectivity index (χ1v) is 21.6. The van der Waals surface area contributed by atoms with Gasteiger partial charge in [0.1, 0.15) is 0 Å². The fourth-order valence-corrected chi connectivity index (χ4v) is 11.5. The van der Waals surface area contributed by atoms with Crippen LogP contribution in [0.4, 0.5) is 0 Å². The van der Waals surface area contributed by atoms with E-state index in [-0.39, 0.29) is 6.71 Å². The van der Waals surface area contributed by atoms with Gasteiger partial charge in [0.25, 0.3) is 6.71 Å². The molecule has 0 saturated heterocycles. The molecule has 0 N–H and O–H groups in total. The average molecular weight is 798 g/mol. The highest BCUT2D eigenvalue weighted by molar-refractivity contribution is 7.00. The first kappa shape index (κ1) is 33.4. The van der Waals surface area contributed by atoms with Crippen molar-refractivity contribution in [1.29, 1.82) is 0 Å².